The minimum absolute atomic E-state index is 0.0501. The van der Waals surface area contributed by atoms with Gasteiger partial charge in [0.1, 0.15) is 6.61 Å². The van der Waals surface area contributed by atoms with Gasteiger partial charge < -0.3 is 4.74 Å². The number of carbonyl (C=O) groups excluding carboxylic acids is 1. The normalized spacial score (nSPS) is 20.5. The van der Waals surface area contributed by atoms with Crippen molar-refractivity contribution >= 4 is 11.7 Å². The molecule has 30 heavy (non-hydrogen) atoms. The first-order valence-electron chi connectivity index (χ1n) is 10.3. The van der Waals surface area contributed by atoms with Crippen molar-refractivity contribution in [1.82, 2.24) is 25.5 Å². The summed E-state index contributed by atoms with van der Waals surface area (Å²) in [7, 11) is 0. The molecule has 0 radical (unpaired) electrons. The Hall–Kier alpha value is -3.48. The molecule has 5 rings (SSSR count). The summed E-state index contributed by atoms with van der Waals surface area (Å²) in [4.78, 5) is 14.9. The third-order valence-electron chi connectivity index (χ3n) is 5.91. The van der Waals surface area contributed by atoms with E-state index in [1.807, 2.05) is 53.4 Å². The van der Waals surface area contributed by atoms with Crippen molar-refractivity contribution in [3.8, 4) is 11.4 Å². The van der Waals surface area contributed by atoms with Crippen molar-refractivity contribution in [2.24, 2.45) is 0 Å². The van der Waals surface area contributed by atoms with Gasteiger partial charge in [-0.3, -0.25) is 4.90 Å². The molecule has 2 aliphatic rings. The van der Waals surface area contributed by atoms with Crippen LogP contribution in [0.2, 0.25) is 0 Å². The quantitative estimate of drug-likeness (QED) is 0.708. The second kappa shape index (κ2) is 8.10. The van der Waals surface area contributed by atoms with Gasteiger partial charge in [-0.25, -0.2) is 4.79 Å². The highest BCUT2D eigenvalue weighted by molar-refractivity contribution is 5.81. The summed E-state index contributed by atoms with van der Waals surface area (Å²) in [6, 6.07) is 18.1. The molecule has 1 fully saturated rings. The molecular formula is C23H23N5O2. The fourth-order valence-electron chi connectivity index (χ4n) is 4.54. The molecule has 2 atom stereocenters. The molecular weight excluding hydrogens is 378 g/mol. The molecule has 1 N–H and O–H groups in total. The maximum atomic E-state index is 12.9. The van der Waals surface area contributed by atoms with Crippen LogP contribution in [-0.2, 0) is 11.3 Å². The molecule has 0 spiro atoms. The topological polar surface area (TPSA) is 84.0 Å². The zero-order chi connectivity index (χ0) is 20.3. The molecule has 7 heteroatoms. The first kappa shape index (κ1) is 18.5. The molecule has 3 aromatic rings. The summed E-state index contributed by atoms with van der Waals surface area (Å²) in [6.07, 6.45) is 5.84. The summed E-state index contributed by atoms with van der Waals surface area (Å²) in [5.74, 6) is 0.585. The van der Waals surface area contributed by atoms with Gasteiger partial charge in [0.25, 0.3) is 0 Å². The van der Waals surface area contributed by atoms with Crippen molar-refractivity contribution in [3.63, 3.8) is 0 Å². The summed E-state index contributed by atoms with van der Waals surface area (Å²) >= 11 is 0. The van der Waals surface area contributed by atoms with Crippen LogP contribution in [0.15, 0.2) is 60.7 Å². The summed E-state index contributed by atoms with van der Waals surface area (Å²) < 4.78 is 5.65. The standard InChI is InChI=1S/C23H23N5O2/c29-23(30-15-16-7-2-1-3-8-16)28-18-9-6-10-19(28)14-17(13-18)20-11-4-5-12-21(20)22-24-26-27-25-22/h1-5,7-8,11-13,18-19H,6,9-10,14-15H2,(H,24,25,26,27). The Labute approximate surface area is 174 Å². The van der Waals surface area contributed by atoms with Gasteiger partial charge in [-0.2, -0.15) is 5.21 Å². The van der Waals surface area contributed by atoms with Crippen molar-refractivity contribution < 1.29 is 9.53 Å². The highest BCUT2D eigenvalue weighted by Crippen LogP contribution is 2.39. The second-order valence-corrected chi connectivity index (χ2v) is 7.78. The van der Waals surface area contributed by atoms with Crippen LogP contribution in [0.3, 0.4) is 0 Å². The highest BCUT2D eigenvalue weighted by Gasteiger charge is 2.38. The molecule has 1 aromatic heterocycles. The van der Waals surface area contributed by atoms with Gasteiger partial charge in [-0.05, 0) is 47.6 Å². The first-order valence-corrected chi connectivity index (χ1v) is 10.3. The number of tetrazole rings is 1. The molecule has 2 unspecified atom stereocenters. The van der Waals surface area contributed by atoms with E-state index in [1.165, 1.54) is 5.57 Å². The number of nitrogens with zero attached hydrogens (tertiary/aromatic N) is 4. The number of piperidine rings is 1. The van der Waals surface area contributed by atoms with E-state index in [2.05, 4.69) is 32.8 Å². The van der Waals surface area contributed by atoms with E-state index in [0.717, 1.165) is 42.4 Å². The van der Waals surface area contributed by atoms with E-state index in [1.54, 1.807) is 0 Å². The van der Waals surface area contributed by atoms with Gasteiger partial charge in [-0.15, -0.1) is 10.2 Å². The summed E-state index contributed by atoms with van der Waals surface area (Å²) in [5, 5.41) is 14.5. The minimum Gasteiger partial charge on any atom is -0.445 e. The van der Waals surface area contributed by atoms with Gasteiger partial charge in [0, 0.05) is 11.6 Å². The number of amides is 1. The van der Waals surface area contributed by atoms with Gasteiger partial charge in [0.15, 0.2) is 0 Å². The van der Waals surface area contributed by atoms with Gasteiger partial charge in [-0.1, -0.05) is 60.7 Å². The zero-order valence-corrected chi connectivity index (χ0v) is 16.6. The van der Waals surface area contributed by atoms with E-state index in [-0.39, 0.29) is 18.2 Å². The molecule has 0 saturated carbocycles. The molecule has 2 aliphatic heterocycles. The number of rotatable bonds is 4. The van der Waals surface area contributed by atoms with Crippen molar-refractivity contribution in [3.05, 3.63) is 71.8 Å². The van der Waals surface area contributed by atoms with Crippen LogP contribution in [0.25, 0.3) is 17.0 Å². The number of H-pyrrole nitrogens is 1. The number of ether oxygens (including phenoxy) is 1. The van der Waals surface area contributed by atoms with E-state index >= 15 is 0 Å². The predicted octanol–water partition coefficient (Wildman–Crippen LogP) is 4.21. The van der Waals surface area contributed by atoms with Crippen LogP contribution >= 0.6 is 0 Å². The molecule has 2 aromatic carbocycles. The lowest BCUT2D eigenvalue weighted by Gasteiger charge is -2.44. The van der Waals surface area contributed by atoms with E-state index in [0.29, 0.717) is 12.4 Å². The number of aromatic nitrogens is 4. The average molecular weight is 401 g/mol. The van der Waals surface area contributed by atoms with Crippen LogP contribution in [0.4, 0.5) is 4.79 Å². The molecule has 7 nitrogen and oxygen atoms in total. The number of benzene rings is 2. The highest BCUT2D eigenvalue weighted by atomic mass is 16.6. The Morgan fingerprint density at radius 2 is 1.87 bits per heavy atom. The van der Waals surface area contributed by atoms with Crippen LogP contribution < -0.4 is 0 Å². The fraction of sp³-hybridized carbons (Fsp3) is 0.304. The third-order valence-corrected chi connectivity index (χ3v) is 5.91. The maximum absolute atomic E-state index is 12.9. The summed E-state index contributed by atoms with van der Waals surface area (Å²) in [5.41, 5.74) is 4.29. The molecule has 0 aliphatic carbocycles. The third kappa shape index (κ3) is 3.58. The summed E-state index contributed by atoms with van der Waals surface area (Å²) in [6.45, 7) is 0.298. The largest absolute Gasteiger partial charge is 0.445 e. The van der Waals surface area contributed by atoms with Crippen LogP contribution in [-0.4, -0.2) is 43.7 Å². The van der Waals surface area contributed by atoms with Gasteiger partial charge >= 0.3 is 6.09 Å². The lowest BCUT2D eigenvalue weighted by atomic mass is 9.82. The maximum Gasteiger partial charge on any atom is 0.410 e. The SMILES string of the molecule is O=C(OCc1ccccc1)N1C2C=C(c3ccccc3-c3nn[nH]n3)CC1CCC2. The van der Waals surface area contributed by atoms with E-state index in [9.17, 15) is 4.79 Å². The van der Waals surface area contributed by atoms with Gasteiger partial charge in [0.2, 0.25) is 5.82 Å². The lowest BCUT2D eigenvalue weighted by Crippen LogP contribution is -2.51. The number of aromatic amines is 1. The van der Waals surface area contributed by atoms with E-state index in [4.69, 9.17) is 4.74 Å². The number of fused-ring (bicyclic) bond motifs is 2. The number of nitrogens with one attached hydrogen (secondary N) is 1. The van der Waals surface area contributed by atoms with E-state index < -0.39 is 0 Å². The second-order valence-electron chi connectivity index (χ2n) is 7.78. The van der Waals surface area contributed by atoms with Gasteiger partial charge in [0.05, 0.1) is 6.04 Å². The number of hydrogen-bond donors (Lipinski definition) is 1. The minimum atomic E-state index is -0.227. The predicted molar refractivity (Wildman–Crippen MR) is 112 cm³/mol. The van der Waals surface area contributed by atoms with Crippen LogP contribution in [0.5, 0.6) is 0 Å². The first-order chi connectivity index (χ1) is 14.8. The smallest absolute Gasteiger partial charge is 0.410 e. The molecule has 1 amide bonds. The fourth-order valence-corrected chi connectivity index (χ4v) is 4.54. The average Bonchev–Trinajstić information content (AvgIpc) is 3.32. The molecule has 2 bridgehead atoms. The molecule has 3 heterocycles. The van der Waals surface area contributed by atoms with Crippen molar-refractivity contribution in [1.29, 1.82) is 0 Å². The monoisotopic (exact) mass is 401 g/mol. The Morgan fingerprint density at radius 1 is 1.07 bits per heavy atom. The molecule has 152 valence electrons. The van der Waals surface area contributed by atoms with Crippen LogP contribution in [0.1, 0.15) is 36.8 Å². The Kier molecular flexibility index (Phi) is 5.01. The Balaban J connectivity index is 1.39. The van der Waals surface area contributed by atoms with Crippen LogP contribution in [0, 0.1) is 0 Å². The lowest BCUT2D eigenvalue weighted by molar-refractivity contribution is 0.0510. The Morgan fingerprint density at radius 3 is 2.63 bits per heavy atom. The van der Waals surface area contributed by atoms with Crippen molar-refractivity contribution in [2.45, 2.75) is 44.4 Å². The zero-order valence-electron chi connectivity index (χ0n) is 16.6. The molecule has 1 saturated heterocycles. The Bertz CT molecular complexity index is 1050. The number of carbonyl (C=O) groups is 1. The van der Waals surface area contributed by atoms with Crippen molar-refractivity contribution in [2.75, 3.05) is 0 Å². The number of hydrogen-bond acceptors (Lipinski definition) is 5.